The lowest BCUT2D eigenvalue weighted by Crippen LogP contribution is -2.47. The Labute approximate surface area is 156 Å². The average molecular weight is 369 g/mol. The first-order chi connectivity index (χ1) is 12.8. The van der Waals surface area contributed by atoms with E-state index in [1.54, 1.807) is 11.3 Å². The first-order valence-electron chi connectivity index (χ1n) is 9.15. The largest absolute Gasteiger partial charge is 0.352 e. The second-order valence-electron chi connectivity index (χ2n) is 6.78. The van der Waals surface area contributed by atoms with Crippen LogP contribution in [0.15, 0.2) is 36.7 Å². The number of hydrogen-bond donors (Lipinski definition) is 2. The van der Waals surface area contributed by atoms with Crippen molar-refractivity contribution in [3.8, 4) is 0 Å². The standard InChI is InChI=1S/C19H23N5OS/c25-18(9-3-5-14-11-20-21-12-14)22-15-6-4-10-24(13-15)19-23-16-7-1-2-8-17(16)26-19/h1-2,7-8,11-12,15H,3-6,9-10,13H2,(H,20,21)(H,22,25). The van der Waals surface area contributed by atoms with Crippen LogP contribution in [0.25, 0.3) is 10.2 Å². The number of piperidine rings is 1. The van der Waals surface area contributed by atoms with E-state index in [2.05, 4.69) is 32.5 Å². The van der Waals surface area contributed by atoms with E-state index < -0.39 is 0 Å². The van der Waals surface area contributed by atoms with E-state index in [1.807, 2.05) is 24.5 Å². The molecule has 0 aliphatic carbocycles. The van der Waals surface area contributed by atoms with Crippen LogP contribution in [0.3, 0.4) is 0 Å². The Morgan fingerprint density at radius 3 is 3.15 bits per heavy atom. The van der Waals surface area contributed by atoms with Gasteiger partial charge < -0.3 is 10.2 Å². The van der Waals surface area contributed by atoms with Crippen molar-refractivity contribution in [2.75, 3.05) is 18.0 Å². The predicted octanol–water partition coefficient (Wildman–Crippen LogP) is 3.13. The SMILES string of the molecule is O=C(CCCc1cn[nH]c1)NC1CCCN(c2nc3ccccc3s2)C1. The molecule has 26 heavy (non-hydrogen) atoms. The van der Waals surface area contributed by atoms with Crippen molar-refractivity contribution in [3.63, 3.8) is 0 Å². The zero-order chi connectivity index (χ0) is 17.8. The fourth-order valence-electron chi connectivity index (χ4n) is 3.43. The highest BCUT2D eigenvalue weighted by Crippen LogP contribution is 2.30. The van der Waals surface area contributed by atoms with Crippen LogP contribution >= 0.6 is 11.3 Å². The lowest BCUT2D eigenvalue weighted by atomic mass is 10.1. The van der Waals surface area contributed by atoms with E-state index in [4.69, 9.17) is 4.98 Å². The molecule has 1 aromatic carbocycles. The summed E-state index contributed by atoms with van der Waals surface area (Å²) in [6.45, 7) is 1.85. The minimum absolute atomic E-state index is 0.143. The molecule has 0 radical (unpaired) electrons. The van der Waals surface area contributed by atoms with Gasteiger partial charge in [-0.1, -0.05) is 23.5 Å². The summed E-state index contributed by atoms with van der Waals surface area (Å²) in [7, 11) is 0. The van der Waals surface area contributed by atoms with Gasteiger partial charge in [0.05, 0.1) is 16.4 Å². The van der Waals surface area contributed by atoms with Crippen LogP contribution < -0.4 is 10.2 Å². The molecule has 2 N–H and O–H groups in total. The smallest absolute Gasteiger partial charge is 0.220 e. The second-order valence-corrected chi connectivity index (χ2v) is 7.79. The normalized spacial score (nSPS) is 17.5. The highest BCUT2D eigenvalue weighted by molar-refractivity contribution is 7.22. The van der Waals surface area contributed by atoms with Crippen molar-refractivity contribution in [1.29, 1.82) is 0 Å². The van der Waals surface area contributed by atoms with E-state index in [0.29, 0.717) is 6.42 Å². The Hall–Kier alpha value is -2.41. The summed E-state index contributed by atoms with van der Waals surface area (Å²) in [4.78, 5) is 19.3. The highest BCUT2D eigenvalue weighted by Gasteiger charge is 2.23. The summed E-state index contributed by atoms with van der Waals surface area (Å²) in [6.07, 6.45) is 8.10. The molecule has 1 aliphatic rings. The van der Waals surface area contributed by atoms with Crippen LogP contribution in [-0.2, 0) is 11.2 Å². The van der Waals surface area contributed by atoms with Gasteiger partial charge in [0.25, 0.3) is 0 Å². The number of nitrogens with zero attached hydrogens (tertiary/aromatic N) is 3. The number of hydrogen-bond acceptors (Lipinski definition) is 5. The maximum Gasteiger partial charge on any atom is 0.220 e. The Morgan fingerprint density at radius 2 is 2.31 bits per heavy atom. The number of aryl methyl sites for hydroxylation is 1. The minimum Gasteiger partial charge on any atom is -0.352 e. The fourth-order valence-corrected chi connectivity index (χ4v) is 4.43. The van der Waals surface area contributed by atoms with Gasteiger partial charge in [-0.25, -0.2) is 4.98 Å². The number of thiazole rings is 1. The number of benzene rings is 1. The molecular formula is C19H23N5OS. The zero-order valence-corrected chi connectivity index (χ0v) is 15.5. The lowest BCUT2D eigenvalue weighted by Gasteiger charge is -2.33. The quantitative estimate of drug-likeness (QED) is 0.700. The molecule has 3 heterocycles. The predicted molar refractivity (Wildman–Crippen MR) is 105 cm³/mol. The van der Waals surface area contributed by atoms with Gasteiger partial charge in [0, 0.05) is 31.7 Å². The molecule has 1 saturated heterocycles. The van der Waals surface area contributed by atoms with Gasteiger partial charge >= 0.3 is 0 Å². The van der Waals surface area contributed by atoms with Crippen molar-refractivity contribution in [2.24, 2.45) is 0 Å². The van der Waals surface area contributed by atoms with Crippen LogP contribution in [0.4, 0.5) is 5.13 Å². The molecule has 6 nitrogen and oxygen atoms in total. The summed E-state index contributed by atoms with van der Waals surface area (Å²) in [6, 6.07) is 8.44. The Kier molecular flexibility index (Phi) is 5.15. The number of aromatic nitrogens is 3. The second kappa shape index (κ2) is 7.86. The maximum atomic E-state index is 12.3. The number of anilines is 1. The molecule has 0 bridgehead atoms. The fraction of sp³-hybridized carbons (Fsp3) is 0.421. The van der Waals surface area contributed by atoms with Gasteiger partial charge in [0.2, 0.25) is 5.91 Å². The van der Waals surface area contributed by atoms with Crippen molar-refractivity contribution in [3.05, 3.63) is 42.2 Å². The third kappa shape index (κ3) is 4.04. The van der Waals surface area contributed by atoms with E-state index >= 15 is 0 Å². The lowest BCUT2D eigenvalue weighted by molar-refractivity contribution is -0.121. The van der Waals surface area contributed by atoms with Crippen molar-refractivity contribution in [2.45, 2.75) is 38.1 Å². The van der Waals surface area contributed by atoms with Gasteiger partial charge in [0.15, 0.2) is 5.13 Å². The molecule has 1 atom stereocenters. The Balaban J connectivity index is 1.29. The summed E-state index contributed by atoms with van der Waals surface area (Å²) in [5.41, 5.74) is 2.20. The van der Waals surface area contributed by atoms with Crippen LogP contribution in [0.5, 0.6) is 0 Å². The number of amides is 1. The molecule has 7 heteroatoms. The molecule has 3 aromatic rings. The van der Waals surface area contributed by atoms with E-state index in [9.17, 15) is 4.79 Å². The van der Waals surface area contributed by atoms with Crippen LogP contribution in [0.1, 0.15) is 31.2 Å². The third-order valence-electron chi connectivity index (χ3n) is 4.76. The molecule has 1 aliphatic heterocycles. The molecule has 0 saturated carbocycles. The Morgan fingerprint density at radius 1 is 1.38 bits per heavy atom. The highest BCUT2D eigenvalue weighted by atomic mass is 32.1. The van der Waals surface area contributed by atoms with Crippen LogP contribution in [0.2, 0.25) is 0 Å². The van der Waals surface area contributed by atoms with Gasteiger partial charge in [-0.2, -0.15) is 5.10 Å². The van der Waals surface area contributed by atoms with E-state index in [0.717, 1.165) is 55.0 Å². The minimum atomic E-state index is 0.143. The monoisotopic (exact) mass is 369 g/mol. The molecule has 1 fully saturated rings. The molecule has 0 spiro atoms. The summed E-state index contributed by atoms with van der Waals surface area (Å²) in [5, 5.41) is 11.0. The molecule has 1 amide bonds. The summed E-state index contributed by atoms with van der Waals surface area (Å²) >= 11 is 1.73. The molecule has 136 valence electrons. The topological polar surface area (TPSA) is 73.9 Å². The number of fused-ring (bicyclic) bond motifs is 1. The number of nitrogens with one attached hydrogen (secondary N) is 2. The van der Waals surface area contributed by atoms with Gasteiger partial charge in [0.1, 0.15) is 0 Å². The number of carbonyl (C=O) groups is 1. The Bertz CT molecular complexity index is 827. The third-order valence-corrected chi connectivity index (χ3v) is 5.86. The number of aromatic amines is 1. The molecule has 1 unspecified atom stereocenters. The van der Waals surface area contributed by atoms with E-state index in [1.165, 1.54) is 4.70 Å². The maximum absolute atomic E-state index is 12.3. The van der Waals surface area contributed by atoms with Crippen LogP contribution in [0, 0.1) is 0 Å². The first kappa shape index (κ1) is 17.0. The van der Waals surface area contributed by atoms with E-state index in [-0.39, 0.29) is 11.9 Å². The summed E-state index contributed by atoms with van der Waals surface area (Å²) < 4.78 is 1.22. The average Bonchev–Trinajstić information content (AvgIpc) is 3.31. The number of para-hydroxylation sites is 1. The number of carbonyl (C=O) groups excluding carboxylic acids is 1. The van der Waals surface area contributed by atoms with Gasteiger partial charge in [-0.15, -0.1) is 0 Å². The van der Waals surface area contributed by atoms with Gasteiger partial charge in [-0.05, 0) is 43.4 Å². The molecule has 2 aromatic heterocycles. The molecule has 4 rings (SSSR count). The van der Waals surface area contributed by atoms with Crippen molar-refractivity contribution >= 4 is 32.6 Å². The number of H-pyrrole nitrogens is 1. The van der Waals surface area contributed by atoms with Crippen molar-refractivity contribution in [1.82, 2.24) is 20.5 Å². The van der Waals surface area contributed by atoms with Crippen LogP contribution in [-0.4, -0.2) is 40.2 Å². The first-order valence-corrected chi connectivity index (χ1v) is 9.97. The summed E-state index contributed by atoms with van der Waals surface area (Å²) in [5.74, 6) is 0.143. The van der Waals surface area contributed by atoms with Crippen molar-refractivity contribution < 1.29 is 4.79 Å². The molecular weight excluding hydrogens is 346 g/mol. The van der Waals surface area contributed by atoms with Gasteiger partial charge in [-0.3, -0.25) is 9.89 Å². The zero-order valence-electron chi connectivity index (χ0n) is 14.6. The number of rotatable bonds is 6.